The summed E-state index contributed by atoms with van der Waals surface area (Å²) in [6.45, 7) is 4.13. The Morgan fingerprint density at radius 3 is 2.67 bits per heavy atom. The lowest BCUT2D eigenvalue weighted by Gasteiger charge is -2.24. The van der Waals surface area contributed by atoms with Gasteiger partial charge in [-0.05, 0) is 37.0 Å². The molecular formula is C18H20N2O. The van der Waals surface area contributed by atoms with Crippen LogP contribution in [0.4, 0.5) is 5.69 Å². The molecular weight excluding hydrogens is 260 g/mol. The molecule has 1 aliphatic rings. The number of hydrogen-bond acceptors (Lipinski definition) is 2. The number of nitrogens with two attached hydrogens (primary N) is 1. The van der Waals surface area contributed by atoms with E-state index in [0.717, 1.165) is 23.2 Å². The van der Waals surface area contributed by atoms with Crippen LogP contribution in [0.15, 0.2) is 36.4 Å². The molecule has 3 heteroatoms. The number of rotatable bonds is 2. The van der Waals surface area contributed by atoms with Crippen LogP contribution < -0.4 is 11.1 Å². The maximum Gasteiger partial charge on any atom is 0.224 e. The van der Waals surface area contributed by atoms with Gasteiger partial charge in [-0.2, -0.15) is 0 Å². The molecule has 1 unspecified atom stereocenters. The first kappa shape index (κ1) is 13.8. The number of hydrogen-bond donors (Lipinski definition) is 2. The molecule has 2 aromatic rings. The van der Waals surface area contributed by atoms with E-state index in [4.69, 9.17) is 5.73 Å². The Morgan fingerprint density at radius 2 is 1.90 bits per heavy atom. The van der Waals surface area contributed by atoms with Crippen molar-refractivity contribution in [2.75, 3.05) is 5.32 Å². The summed E-state index contributed by atoms with van der Waals surface area (Å²) in [5.41, 5.74) is 13.0. The molecule has 1 heterocycles. The quantitative estimate of drug-likeness (QED) is 0.887. The van der Waals surface area contributed by atoms with Gasteiger partial charge < -0.3 is 11.1 Å². The summed E-state index contributed by atoms with van der Waals surface area (Å²) in [5, 5.41) is 3.00. The van der Waals surface area contributed by atoms with Crippen molar-refractivity contribution in [3.8, 4) is 0 Å². The van der Waals surface area contributed by atoms with Crippen LogP contribution in [-0.2, 0) is 11.2 Å². The smallest absolute Gasteiger partial charge is 0.224 e. The first-order valence-corrected chi connectivity index (χ1v) is 7.30. The van der Waals surface area contributed by atoms with Crippen LogP contribution in [0.5, 0.6) is 0 Å². The minimum atomic E-state index is -0.225. The Hall–Kier alpha value is -2.13. The van der Waals surface area contributed by atoms with Crippen molar-refractivity contribution in [3.05, 3.63) is 64.2 Å². The summed E-state index contributed by atoms with van der Waals surface area (Å²) >= 11 is 0. The van der Waals surface area contributed by atoms with Gasteiger partial charge in [0.15, 0.2) is 0 Å². The molecule has 3 rings (SSSR count). The van der Waals surface area contributed by atoms with Gasteiger partial charge in [0, 0.05) is 12.1 Å². The summed E-state index contributed by atoms with van der Waals surface area (Å²) in [6, 6.07) is 12.2. The van der Waals surface area contributed by atoms with E-state index >= 15 is 0 Å². The number of carbonyl (C=O) groups excluding carboxylic acids is 1. The molecule has 3 nitrogen and oxygen atoms in total. The van der Waals surface area contributed by atoms with Crippen molar-refractivity contribution < 1.29 is 4.79 Å². The number of carbonyl (C=O) groups is 1. The molecule has 3 N–H and O–H groups in total. The van der Waals surface area contributed by atoms with E-state index in [1.54, 1.807) is 0 Å². The lowest BCUT2D eigenvalue weighted by Crippen LogP contribution is -2.23. The average molecular weight is 280 g/mol. The van der Waals surface area contributed by atoms with Gasteiger partial charge in [-0.25, -0.2) is 0 Å². The molecule has 0 saturated heterocycles. The molecule has 1 aliphatic heterocycles. The number of fused-ring (bicyclic) bond motifs is 1. The van der Waals surface area contributed by atoms with Crippen LogP contribution in [0, 0.1) is 13.8 Å². The lowest BCUT2D eigenvalue weighted by atomic mass is 9.90. The highest BCUT2D eigenvalue weighted by Crippen LogP contribution is 2.34. The first-order valence-electron chi connectivity index (χ1n) is 7.30. The van der Waals surface area contributed by atoms with Crippen LogP contribution in [0.3, 0.4) is 0 Å². The minimum absolute atomic E-state index is 0.0732. The monoisotopic (exact) mass is 280 g/mol. The summed E-state index contributed by atoms with van der Waals surface area (Å²) < 4.78 is 0. The zero-order valence-corrected chi connectivity index (χ0v) is 12.4. The third-order valence-electron chi connectivity index (χ3n) is 4.02. The topological polar surface area (TPSA) is 55.1 Å². The number of nitrogens with one attached hydrogen (secondary N) is 1. The minimum Gasteiger partial charge on any atom is -0.326 e. The molecule has 1 atom stereocenters. The molecule has 21 heavy (non-hydrogen) atoms. The summed E-state index contributed by atoms with van der Waals surface area (Å²) in [7, 11) is 0. The second kappa shape index (κ2) is 5.34. The molecule has 0 bridgehead atoms. The van der Waals surface area contributed by atoms with Crippen molar-refractivity contribution in [1.29, 1.82) is 0 Å². The maximum absolute atomic E-state index is 11.7. The predicted molar refractivity (Wildman–Crippen MR) is 85.3 cm³/mol. The molecule has 0 radical (unpaired) electrons. The van der Waals surface area contributed by atoms with Gasteiger partial charge in [0.25, 0.3) is 0 Å². The van der Waals surface area contributed by atoms with E-state index < -0.39 is 0 Å². The Balaban J connectivity index is 2.09. The molecule has 0 aromatic heterocycles. The fourth-order valence-corrected chi connectivity index (χ4v) is 2.98. The zero-order valence-electron chi connectivity index (χ0n) is 12.4. The number of amides is 1. The Bertz CT molecular complexity index is 706. The Labute approximate surface area is 125 Å². The highest BCUT2D eigenvalue weighted by Gasteiger charge is 2.22. The van der Waals surface area contributed by atoms with Crippen LogP contribution >= 0.6 is 0 Å². The first-order chi connectivity index (χ1) is 10.0. The van der Waals surface area contributed by atoms with Crippen molar-refractivity contribution >= 4 is 11.6 Å². The third kappa shape index (κ3) is 2.69. The van der Waals surface area contributed by atoms with Gasteiger partial charge >= 0.3 is 0 Å². The van der Waals surface area contributed by atoms with Crippen LogP contribution in [0.1, 0.15) is 40.3 Å². The van der Waals surface area contributed by atoms with Crippen LogP contribution in [0.2, 0.25) is 0 Å². The normalized spacial score (nSPS) is 15.3. The van der Waals surface area contributed by atoms with Gasteiger partial charge in [-0.3, -0.25) is 4.79 Å². The average Bonchev–Trinajstić information content (AvgIpc) is 2.46. The van der Waals surface area contributed by atoms with E-state index in [1.165, 1.54) is 16.7 Å². The molecule has 1 amide bonds. The number of benzene rings is 2. The number of anilines is 1. The van der Waals surface area contributed by atoms with E-state index in [1.807, 2.05) is 12.1 Å². The van der Waals surface area contributed by atoms with Crippen molar-refractivity contribution in [2.24, 2.45) is 5.73 Å². The van der Waals surface area contributed by atoms with Crippen LogP contribution in [0.25, 0.3) is 0 Å². The van der Waals surface area contributed by atoms with Crippen molar-refractivity contribution in [1.82, 2.24) is 0 Å². The van der Waals surface area contributed by atoms with Gasteiger partial charge in [-0.15, -0.1) is 0 Å². The van der Waals surface area contributed by atoms with E-state index in [2.05, 4.69) is 43.4 Å². The summed E-state index contributed by atoms with van der Waals surface area (Å²) in [6.07, 6.45) is 1.34. The Morgan fingerprint density at radius 1 is 1.10 bits per heavy atom. The molecule has 0 fully saturated rings. The van der Waals surface area contributed by atoms with Crippen molar-refractivity contribution in [2.45, 2.75) is 32.7 Å². The largest absolute Gasteiger partial charge is 0.326 e. The fraction of sp³-hybridized carbons (Fsp3) is 0.278. The van der Waals surface area contributed by atoms with Gasteiger partial charge in [0.2, 0.25) is 5.91 Å². The highest BCUT2D eigenvalue weighted by atomic mass is 16.1. The molecule has 0 spiro atoms. The second-order valence-corrected chi connectivity index (χ2v) is 5.83. The van der Waals surface area contributed by atoms with E-state index in [9.17, 15) is 4.79 Å². The number of aryl methyl sites for hydroxylation is 3. The Kier molecular flexibility index (Phi) is 3.52. The second-order valence-electron chi connectivity index (χ2n) is 5.83. The van der Waals surface area contributed by atoms with E-state index in [0.29, 0.717) is 6.42 Å². The summed E-state index contributed by atoms with van der Waals surface area (Å²) in [5.74, 6) is 0.0732. The third-order valence-corrected chi connectivity index (χ3v) is 4.02. The standard InChI is InChI=1S/C18H20N2O/c1-11-4-3-5-13(8-11)17(19)15-10-12(2)9-14-6-7-16(21)20-18(14)15/h3-5,8-10,17H,6-7,19H2,1-2H3,(H,20,21). The van der Waals surface area contributed by atoms with Gasteiger partial charge in [0.1, 0.15) is 0 Å². The zero-order chi connectivity index (χ0) is 15.0. The molecule has 0 saturated carbocycles. The SMILES string of the molecule is Cc1cccc(C(N)c2cc(C)cc3c2NC(=O)CC3)c1. The summed E-state index contributed by atoms with van der Waals surface area (Å²) in [4.78, 5) is 11.7. The molecule has 108 valence electrons. The predicted octanol–water partition coefficient (Wildman–Crippen LogP) is 3.24. The molecule has 0 aliphatic carbocycles. The highest BCUT2D eigenvalue weighted by molar-refractivity contribution is 5.95. The van der Waals surface area contributed by atoms with E-state index in [-0.39, 0.29) is 11.9 Å². The maximum atomic E-state index is 11.7. The van der Waals surface area contributed by atoms with Gasteiger partial charge in [-0.1, -0.05) is 47.5 Å². The van der Waals surface area contributed by atoms with Crippen molar-refractivity contribution in [3.63, 3.8) is 0 Å². The molecule has 2 aromatic carbocycles. The fourth-order valence-electron chi connectivity index (χ4n) is 2.98. The van der Waals surface area contributed by atoms with Crippen LogP contribution in [-0.4, -0.2) is 5.91 Å². The lowest BCUT2D eigenvalue weighted by molar-refractivity contribution is -0.116. The van der Waals surface area contributed by atoms with Gasteiger partial charge in [0.05, 0.1) is 6.04 Å².